The molecule has 1 fully saturated rings. The minimum Gasteiger partial charge on any atom is -0.311 e. The fourth-order valence-electron chi connectivity index (χ4n) is 2.88. The minimum absolute atomic E-state index is 0.660. The third-order valence-corrected chi connectivity index (χ3v) is 4.76. The van der Waals surface area contributed by atoms with E-state index in [1.165, 1.54) is 43.7 Å². The lowest BCUT2D eigenvalue weighted by Crippen LogP contribution is -2.45. The van der Waals surface area contributed by atoms with E-state index >= 15 is 0 Å². The van der Waals surface area contributed by atoms with Gasteiger partial charge in [0.1, 0.15) is 0 Å². The molecule has 1 aromatic rings. The summed E-state index contributed by atoms with van der Waals surface area (Å²) in [7, 11) is 0. The van der Waals surface area contributed by atoms with Crippen molar-refractivity contribution in [2.24, 2.45) is 0 Å². The van der Waals surface area contributed by atoms with Crippen LogP contribution in [0, 0.1) is 0 Å². The number of nitrogens with one attached hydrogen (secondary N) is 1. The molecule has 0 bridgehead atoms. The summed E-state index contributed by atoms with van der Waals surface area (Å²) in [5, 5.41) is 3.80. The summed E-state index contributed by atoms with van der Waals surface area (Å²) >= 11 is 1.95. The van der Waals surface area contributed by atoms with Crippen molar-refractivity contribution in [3.8, 4) is 0 Å². The summed E-state index contributed by atoms with van der Waals surface area (Å²) in [6.45, 7) is 5.88. The highest BCUT2D eigenvalue weighted by atomic mass is 32.2. The van der Waals surface area contributed by atoms with Crippen molar-refractivity contribution in [3.05, 3.63) is 35.9 Å². The zero-order valence-corrected chi connectivity index (χ0v) is 13.7. The van der Waals surface area contributed by atoms with Gasteiger partial charge in [-0.15, -0.1) is 0 Å². The predicted octanol–water partition coefficient (Wildman–Crippen LogP) is 3.38. The fourth-order valence-corrected chi connectivity index (χ4v) is 3.47. The number of likely N-dealkylation sites (tertiary alicyclic amines) is 1. The third kappa shape index (κ3) is 5.47. The van der Waals surface area contributed by atoms with Gasteiger partial charge < -0.3 is 5.32 Å². The molecule has 112 valence electrons. The lowest BCUT2D eigenvalue weighted by Gasteiger charge is -2.34. The van der Waals surface area contributed by atoms with Crippen LogP contribution in [0.15, 0.2) is 30.3 Å². The molecule has 1 aromatic carbocycles. The van der Waals surface area contributed by atoms with Gasteiger partial charge in [-0.3, -0.25) is 4.90 Å². The average molecular weight is 292 g/mol. The quantitative estimate of drug-likeness (QED) is 0.829. The molecule has 3 heteroatoms. The maximum Gasteiger partial charge on any atom is 0.0233 e. The molecule has 0 saturated carbocycles. The van der Waals surface area contributed by atoms with Gasteiger partial charge >= 0.3 is 0 Å². The first kappa shape index (κ1) is 15.9. The van der Waals surface area contributed by atoms with Gasteiger partial charge in [0, 0.05) is 18.6 Å². The molecular weight excluding hydrogens is 264 g/mol. The minimum atomic E-state index is 0.660. The smallest absolute Gasteiger partial charge is 0.0233 e. The molecule has 1 aliphatic heterocycles. The maximum absolute atomic E-state index is 3.80. The number of piperidine rings is 1. The van der Waals surface area contributed by atoms with Crippen LogP contribution in [0.1, 0.15) is 31.7 Å². The summed E-state index contributed by atoms with van der Waals surface area (Å²) in [6.07, 6.45) is 6.05. The molecular formula is C17H28N2S. The lowest BCUT2D eigenvalue weighted by molar-refractivity contribution is 0.185. The zero-order chi connectivity index (χ0) is 14.2. The fraction of sp³-hybridized carbons (Fsp3) is 0.647. The highest BCUT2D eigenvalue weighted by Crippen LogP contribution is 2.15. The number of thioether (sulfide) groups is 1. The van der Waals surface area contributed by atoms with Crippen molar-refractivity contribution in [3.63, 3.8) is 0 Å². The Morgan fingerprint density at radius 1 is 1.25 bits per heavy atom. The van der Waals surface area contributed by atoms with Crippen molar-refractivity contribution in [2.45, 2.75) is 44.8 Å². The number of nitrogens with zero attached hydrogens (tertiary/aromatic N) is 1. The third-order valence-electron chi connectivity index (χ3n) is 4.11. The van der Waals surface area contributed by atoms with Crippen LogP contribution in [-0.4, -0.2) is 42.1 Å². The molecule has 2 nitrogen and oxygen atoms in total. The molecule has 0 aromatic heterocycles. The Kier molecular flexibility index (Phi) is 6.91. The summed E-state index contributed by atoms with van der Waals surface area (Å²) in [4.78, 5) is 2.58. The second-order valence-corrected chi connectivity index (χ2v) is 6.87. The van der Waals surface area contributed by atoms with Crippen LogP contribution < -0.4 is 5.32 Å². The lowest BCUT2D eigenvalue weighted by atomic mass is 10.0. The van der Waals surface area contributed by atoms with Crippen molar-refractivity contribution in [1.29, 1.82) is 0 Å². The predicted molar refractivity (Wildman–Crippen MR) is 90.3 cm³/mol. The van der Waals surface area contributed by atoms with E-state index in [1.807, 2.05) is 11.8 Å². The molecule has 1 atom stereocenters. The highest BCUT2D eigenvalue weighted by Gasteiger charge is 2.20. The SMILES string of the molecule is CSCCC(C)NC1CCN(Cc2ccccc2)CC1. The Morgan fingerprint density at radius 2 is 1.95 bits per heavy atom. The Morgan fingerprint density at radius 3 is 2.60 bits per heavy atom. The van der Waals surface area contributed by atoms with Gasteiger partial charge in [-0.1, -0.05) is 30.3 Å². The number of rotatable bonds is 7. The van der Waals surface area contributed by atoms with Crippen molar-refractivity contribution in [2.75, 3.05) is 25.1 Å². The van der Waals surface area contributed by atoms with Crippen LogP contribution in [-0.2, 0) is 6.54 Å². The highest BCUT2D eigenvalue weighted by molar-refractivity contribution is 7.98. The Labute approximate surface area is 128 Å². The second kappa shape index (κ2) is 8.71. The van der Waals surface area contributed by atoms with Gasteiger partial charge in [-0.05, 0) is 56.8 Å². The van der Waals surface area contributed by atoms with E-state index in [2.05, 4.69) is 53.7 Å². The largest absolute Gasteiger partial charge is 0.311 e. The molecule has 1 saturated heterocycles. The normalized spacial score (nSPS) is 19.1. The van der Waals surface area contributed by atoms with E-state index < -0.39 is 0 Å². The second-order valence-electron chi connectivity index (χ2n) is 5.89. The van der Waals surface area contributed by atoms with Crippen LogP contribution in [0.4, 0.5) is 0 Å². The topological polar surface area (TPSA) is 15.3 Å². The number of hydrogen-bond donors (Lipinski definition) is 1. The van der Waals surface area contributed by atoms with E-state index in [0.29, 0.717) is 6.04 Å². The van der Waals surface area contributed by atoms with Gasteiger partial charge in [0.05, 0.1) is 0 Å². The molecule has 1 unspecified atom stereocenters. The molecule has 1 aliphatic rings. The summed E-state index contributed by atoms with van der Waals surface area (Å²) in [5.74, 6) is 1.26. The van der Waals surface area contributed by atoms with Gasteiger partial charge in [0.25, 0.3) is 0 Å². The van der Waals surface area contributed by atoms with Gasteiger partial charge in [-0.2, -0.15) is 11.8 Å². The van der Waals surface area contributed by atoms with Crippen molar-refractivity contribution >= 4 is 11.8 Å². The molecule has 2 rings (SSSR count). The van der Waals surface area contributed by atoms with E-state index in [-0.39, 0.29) is 0 Å². The molecule has 1 heterocycles. The standard InChI is InChI=1S/C17H28N2S/c1-15(10-13-20-2)18-17-8-11-19(12-9-17)14-16-6-4-3-5-7-16/h3-7,15,17-18H,8-14H2,1-2H3. The summed E-state index contributed by atoms with van der Waals surface area (Å²) in [6, 6.07) is 12.2. The van der Waals surface area contributed by atoms with Crippen LogP contribution in [0.3, 0.4) is 0 Å². The van der Waals surface area contributed by atoms with Crippen LogP contribution in [0.25, 0.3) is 0 Å². The van der Waals surface area contributed by atoms with Crippen LogP contribution in [0.5, 0.6) is 0 Å². The summed E-state index contributed by atoms with van der Waals surface area (Å²) < 4.78 is 0. The van der Waals surface area contributed by atoms with Crippen molar-refractivity contribution in [1.82, 2.24) is 10.2 Å². The Balaban J connectivity index is 1.67. The van der Waals surface area contributed by atoms with Gasteiger partial charge in [0.15, 0.2) is 0 Å². The first-order valence-corrected chi connectivity index (χ1v) is 9.18. The maximum atomic E-state index is 3.80. The summed E-state index contributed by atoms with van der Waals surface area (Å²) in [5.41, 5.74) is 1.44. The molecule has 0 radical (unpaired) electrons. The molecule has 1 N–H and O–H groups in total. The molecule has 0 amide bonds. The Hall–Kier alpha value is -0.510. The van der Waals surface area contributed by atoms with Crippen LogP contribution in [0.2, 0.25) is 0 Å². The van der Waals surface area contributed by atoms with Gasteiger partial charge in [0.2, 0.25) is 0 Å². The first-order chi connectivity index (χ1) is 9.78. The first-order valence-electron chi connectivity index (χ1n) is 7.79. The number of hydrogen-bond acceptors (Lipinski definition) is 3. The molecule has 0 spiro atoms. The molecule has 20 heavy (non-hydrogen) atoms. The van der Waals surface area contributed by atoms with Crippen molar-refractivity contribution < 1.29 is 0 Å². The van der Waals surface area contributed by atoms with E-state index in [4.69, 9.17) is 0 Å². The van der Waals surface area contributed by atoms with Gasteiger partial charge in [-0.25, -0.2) is 0 Å². The molecule has 0 aliphatic carbocycles. The Bertz CT molecular complexity index is 361. The van der Waals surface area contributed by atoms with Crippen LogP contribution >= 0.6 is 11.8 Å². The zero-order valence-electron chi connectivity index (χ0n) is 12.8. The number of benzene rings is 1. The monoisotopic (exact) mass is 292 g/mol. The van der Waals surface area contributed by atoms with E-state index in [9.17, 15) is 0 Å². The van der Waals surface area contributed by atoms with E-state index in [1.54, 1.807) is 0 Å². The average Bonchev–Trinajstić information content (AvgIpc) is 2.48. The van der Waals surface area contributed by atoms with E-state index in [0.717, 1.165) is 12.6 Å².